The fourth-order valence-electron chi connectivity index (χ4n) is 2.54. The smallest absolute Gasteiger partial charge is 0.339 e. The van der Waals surface area contributed by atoms with Crippen LogP contribution in [-0.2, 0) is 22.5 Å². The van der Waals surface area contributed by atoms with Crippen molar-refractivity contribution in [3.63, 3.8) is 0 Å². The molecule has 8 heteroatoms. The lowest BCUT2D eigenvalue weighted by molar-refractivity contribution is -0.380. The maximum absolute atomic E-state index is 12.2. The summed E-state index contributed by atoms with van der Waals surface area (Å²) in [5, 5.41) is 11.8. The van der Waals surface area contributed by atoms with Crippen molar-refractivity contribution < 1.29 is 19.2 Å². The first kappa shape index (κ1) is 16.1. The fraction of sp³-hybridized carbons (Fsp3) is 0.250. The predicted molar refractivity (Wildman–Crippen MR) is 86.8 cm³/mol. The molecule has 1 aromatic heterocycles. The van der Waals surface area contributed by atoms with E-state index in [1.54, 1.807) is 4.90 Å². The van der Waals surface area contributed by atoms with E-state index >= 15 is 0 Å². The highest BCUT2D eigenvalue weighted by Crippen LogP contribution is 2.23. The molecule has 0 spiro atoms. The molecule has 2 heterocycles. The van der Waals surface area contributed by atoms with E-state index in [-0.39, 0.29) is 23.1 Å². The maximum atomic E-state index is 12.2. The zero-order chi connectivity index (χ0) is 17.1. The second kappa shape index (κ2) is 6.79. The normalized spacial score (nSPS) is 13.2. The summed E-state index contributed by atoms with van der Waals surface area (Å²) >= 11 is 0.845. The first-order chi connectivity index (χ1) is 11.5. The average molecular weight is 346 g/mol. The highest BCUT2D eigenvalue weighted by Gasteiger charge is 2.22. The third-order valence-corrected chi connectivity index (χ3v) is 4.69. The van der Waals surface area contributed by atoms with Gasteiger partial charge in [-0.15, -0.1) is 0 Å². The van der Waals surface area contributed by atoms with Crippen LogP contribution in [0.25, 0.3) is 0 Å². The summed E-state index contributed by atoms with van der Waals surface area (Å²) in [5.41, 5.74) is 2.41. The molecular weight excluding hydrogens is 332 g/mol. The molecule has 24 heavy (non-hydrogen) atoms. The number of thiophene rings is 1. The van der Waals surface area contributed by atoms with E-state index < -0.39 is 10.9 Å². The minimum absolute atomic E-state index is 0.0866. The maximum Gasteiger partial charge on any atom is 0.339 e. The molecule has 124 valence electrons. The quantitative estimate of drug-likeness (QED) is 0.482. The minimum Gasteiger partial charge on any atom is -0.452 e. The van der Waals surface area contributed by atoms with Crippen molar-refractivity contribution in [2.24, 2.45) is 0 Å². The number of esters is 1. The Morgan fingerprint density at radius 3 is 2.75 bits per heavy atom. The van der Waals surface area contributed by atoms with Gasteiger partial charge in [-0.2, -0.15) is 0 Å². The molecule has 1 aliphatic rings. The first-order valence-corrected chi connectivity index (χ1v) is 8.17. The van der Waals surface area contributed by atoms with Gasteiger partial charge in [-0.3, -0.25) is 14.9 Å². The number of carbonyl (C=O) groups is 2. The van der Waals surface area contributed by atoms with Gasteiger partial charge in [-0.05, 0) is 17.5 Å². The summed E-state index contributed by atoms with van der Waals surface area (Å²) in [6.07, 6.45) is 0.770. The molecule has 1 amide bonds. The Bertz CT molecular complexity index is 801. The van der Waals surface area contributed by atoms with Crippen molar-refractivity contribution in [1.29, 1.82) is 0 Å². The summed E-state index contributed by atoms with van der Waals surface area (Å²) in [4.78, 5) is 35.7. The van der Waals surface area contributed by atoms with E-state index in [2.05, 4.69) is 0 Å². The SMILES string of the molecule is O=C(OCC(=O)N1CCc2ccccc2C1)c1csc([N+](=O)[O-])c1. The van der Waals surface area contributed by atoms with Crippen LogP contribution in [0.15, 0.2) is 35.7 Å². The van der Waals surface area contributed by atoms with Crippen molar-refractivity contribution in [2.45, 2.75) is 13.0 Å². The number of amides is 1. The summed E-state index contributed by atoms with van der Waals surface area (Å²) in [5.74, 6) is -1.01. The molecule has 0 atom stereocenters. The topological polar surface area (TPSA) is 89.8 Å². The van der Waals surface area contributed by atoms with Crippen LogP contribution in [0.4, 0.5) is 5.00 Å². The molecule has 1 aliphatic heterocycles. The van der Waals surface area contributed by atoms with Gasteiger partial charge in [0.05, 0.1) is 10.5 Å². The molecule has 0 fully saturated rings. The molecule has 3 rings (SSSR count). The van der Waals surface area contributed by atoms with Crippen LogP contribution in [0.3, 0.4) is 0 Å². The van der Waals surface area contributed by atoms with Crippen LogP contribution in [-0.4, -0.2) is 34.9 Å². The van der Waals surface area contributed by atoms with E-state index in [9.17, 15) is 19.7 Å². The van der Waals surface area contributed by atoms with Gasteiger partial charge in [-0.25, -0.2) is 4.79 Å². The van der Waals surface area contributed by atoms with Crippen LogP contribution in [0.1, 0.15) is 21.5 Å². The largest absolute Gasteiger partial charge is 0.452 e. The Kier molecular flexibility index (Phi) is 4.57. The van der Waals surface area contributed by atoms with Crippen LogP contribution >= 0.6 is 11.3 Å². The Morgan fingerprint density at radius 1 is 1.29 bits per heavy atom. The molecule has 0 saturated heterocycles. The van der Waals surface area contributed by atoms with Gasteiger partial charge < -0.3 is 9.64 Å². The second-order valence-corrected chi connectivity index (χ2v) is 6.23. The van der Waals surface area contributed by atoms with Crippen LogP contribution < -0.4 is 0 Å². The molecule has 2 aromatic rings. The lowest BCUT2D eigenvalue weighted by atomic mass is 10.00. The number of nitrogens with zero attached hydrogens (tertiary/aromatic N) is 2. The number of carbonyl (C=O) groups excluding carboxylic acids is 2. The van der Waals surface area contributed by atoms with Gasteiger partial charge in [0.2, 0.25) is 0 Å². The van der Waals surface area contributed by atoms with Crippen molar-refractivity contribution in [1.82, 2.24) is 4.90 Å². The molecule has 0 bridgehead atoms. The average Bonchev–Trinajstić information content (AvgIpc) is 3.09. The number of rotatable bonds is 4. The zero-order valence-electron chi connectivity index (χ0n) is 12.6. The Morgan fingerprint density at radius 2 is 2.04 bits per heavy atom. The zero-order valence-corrected chi connectivity index (χ0v) is 13.5. The van der Waals surface area contributed by atoms with Gasteiger partial charge in [0.1, 0.15) is 0 Å². The van der Waals surface area contributed by atoms with Crippen LogP contribution in [0.2, 0.25) is 0 Å². The predicted octanol–water partition coefficient (Wildman–Crippen LogP) is 2.40. The highest BCUT2D eigenvalue weighted by molar-refractivity contribution is 7.13. The van der Waals surface area contributed by atoms with Crippen molar-refractivity contribution in [3.05, 3.63) is 62.5 Å². The van der Waals surface area contributed by atoms with Crippen LogP contribution in [0, 0.1) is 10.1 Å². The summed E-state index contributed by atoms with van der Waals surface area (Å²) < 4.78 is 4.98. The number of hydrogen-bond donors (Lipinski definition) is 0. The third-order valence-electron chi connectivity index (χ3n) is 3.81. The summed E-state index contributed by atoms with van der Waals surface area (Å²) in [6.45, 7) is 0.707. The standard InChI is InChI=1S/C16H14N2O5S/c19-14(17-6-5-11-3-1-2-4-12(11)8-17)9-23-16(20)13-7-15(18(21)22)24-10-13/h1-4,7,10H,5-6,8-9H2. The molecule has 0 aliphatic carbocycles. The van der Waals surface area contributed by atoms with E-state index in [4.69, 9.17) is 4.74 Å². The molecule has 7 nitrogen and oxygen atoms in total. The fourth-order valence-corrected chi connectivity index (χ4v) is 3.23. The monoisotopic (exact) mass is 346 g/mol. The van der Waals surface area contributed by atoms with Gasteiger partial charge in [-0.1, -0.05) is 35.6 Å². The molecular formula is C16H14N2O5S. The third kappa shape index (κ3) is 3.43. The van der Waals surface area contributed by atoms with Crippen molar-refractivity contribution in [3.8, 4) is 0 Å². The number of fused-ring (bicyclic) bond motifs is 1. The van der Waals surface area contributed by atoms with Crippen LogP contribution in [0.5, 0.6) is 0 Å². The molecule has 0 unspecified atom stereocenters. The first-order valence-electron chi connectivity index (χ1n) is 7.29. The molecule has 0 N–H and O–H groups in total. The van der Waals surface area contributed by atoms with Crippen molar-refractivity contribution in [2.75, 3.05) is 13.2 Å². The van der Waals surface area contributed by atoms with E-state index in [1.165, 1.54) is 10.9 Å². The van der Waals surface area contributed by atoms with Crippen molar-refractivity contribution >= 4 is 28.2 Å². The lowest BCUT2D eigenvalue weighted by Gasteiger charge is -2.28. The number of ether oxygens (including phenoxy) is 1. The Labute approximate surface area is 141 Å². The minimum atomic E-state index is -0.731. The lowest BCUT2D eigenvalue weighted by Crippen LogP contribution is -2.38. The molecule has 0 radical (unpaired) electrons. The molecule has 0 saturated carbocycles. The number of benzene rings is 1. The van der Waals surface area contributed by atoms with E-state index in [1.807, 2.05) is 24.3 Å². The van der Waals surface area contributed by atoms with Gasteiger partial charge in [0.25, 0.3) is 5.91 Å². The van der Waals surface area contributed by atoms with Gasteiger partial charge in [0.15, 0.2) is 6.61 Å². The summed E-state index contributed by atoms with van der Waals surface area (Å²) in [6, 6.07) is 9.06. The molecule has 1 aromatic carbocycles. The Balaban J connectivity index is 1.56. The summed E-state index contributed by atoms with van der Waals surface area (Å²) in [7, 11) is 0. The second-order valence-electron chi connectivity index (χ2n) is 5.34. The number of hydrogen-bond acceptors (Lipinski definition) is 6. The highest BCUT2D eigenvalue weighted by atomic mass is 32.1. The number of nitro groups is 1. The van der Waals surface area contributed by atoms with E-state index in [0.29, 0.717) is 13.1 Å². The van der Waals surface area contributed by atoms with E-state index in [0.717, 1.165) is 29.4 Å². The Hall–Kier alpha value is -2.74. The van der Waals surface area contributed by atoms with Gasteiger partial charge in [0, 0.05) is 24.5 Å². The van der Waals surface area contributed by atoms with Gasteiger partial charge >= 0.3 is 11.0 Å².